The Morgan fingerprint density at radius 1 is 1.11 bits per heavy atom. The molecule has 0 aromatic heterocycles. The van der Waals surface area contributed by atoms with Gasteiger partial charge in [0.15, 0.2) is 0 Å². The molecule has 1 rings (SSSR count). The highest BCUT2D eigenvalue weighted by atomic mass is 79.9. The Kier molecular flexibility index (Phi) is 9.19. The Balaban J connectivity index is 2.47. The van der Waals surface area contributed by atoms with Crippen LogP contribution in [-0.4, -0.2) is 13.1 Å². The fourth-order valence-corrected chi connectivity index (χ4v) is 2.88. The van der Waals surface area contributed by atoms with Gasteiger partial charge in [0.2, 0.25) is 0 Å². The molecule has 0 radical (unpaired) electrons. The van der Waals surface area contributed by atoms with Crippen LogP contribution in [0.2, 0.25) is 0 Å². The normalized spacial score (nSPS) is 12.6. The van der Waals surface area contributed by atoms with E-state index in [0.717, 1.165) is 13.1 Å². The van der Waals surface area contributed by atoms with Gasteiger partial charge in [-0.05, 0) is 36.6 Å². The van der Waals surface area contributed by atoms with Crippen molar-refractivity contribution in [2.75, 3.05) is 13.1 Å². The maximum Gasteiger partial charge on any atom is 0.0178 e. The third kappa shape index (κ3) is 7.12. The zero-order chi connectivity index (χ0) is 13.9. The van der Waals surface area contributed by atoms with Crippen molar-refractivity contribution in [3.05, 3.63) is 34.3 Å². The molecule has 1 N–H and O–H groups in total. The summed E-state index contributed by atoms with van der Waals surface area (Å²) in [6.45, 7) is 6.61. The highest BCUT2D eigenvalue weighted by molar-refractivity contribution is 9.10. The summed E-state index contributed by atoms with van der Waals surface area (Å²) >= 11 is 3.58. The number of hydrogen-bond acceptors (Lipinski definition) is 1. The molecule has 0 saturated heterocycles. The van der Waals surface area contributed by atoms with E-state index in [0.29, 0.717) is 5.92 Å². The molecule has 0 saturated carbocycles. The van der Waals surface area contributed by atoms with Crippen LogP contribution >= 0.6 is 15.9 Å². The molecule has 0 aliphatic heterocycles. The maximum absolute atomic E-state index is 3.58. The van der Waals surface area contributed by atoms with Gasteiger partial charge in [0.1, 0.15) is 0 Å². The molecule has 1 aromatic rings. The van der Waals surface area contributed by atoms with Gasteiger partial charge in [-0.2, -0.15) is 0 Å². The molecule has 1 unspecified atom stereocenters. The van der Waals surface area contributed by atoms with Crippen LogP contribution < -0.4 is 5.32 Å². The summed E-state index contributed by atoms with van der Waals surface area (Å²) in [5.41, 5.74) is 1.46. The van der Waals surface area contributed by atoms with Gasteiger partial charge in [0.05, 0.1) is 0 Å². The number of likely N-dealkylation sites (N-methyl/N-ethyl adjacent to an activating group) is 1. The fourth-order valence-electron chi connectivity index (χ4n) is 2.46. The first-order valence-corrected chi connectivity index (χ1v) is 8.53. The molecule has 0 amide bonds. The van der Waals surface area contributed by atoms with E-state index >= 15 is 0 Å². The predicted octanol–water partition coefficient (Wildman–Crippen LogP) is 5.50. The number of hydrogen-bond donors (Lipinski definition) is 1. The van der Waals surface area contributed by atoms with E-state index in [-0.39, 0.29) is 0 Å². The Morgan fingerprint density at radius 3 is 2.58 bits per heavy atom. The van der Waals surface area contributed by atoms with Crippen LogP contribution in [0.15, 0.2) is 28.7 Å². The van der Waals surface area contributed by atoms with Crippen LogP contribution in [-0.2, 0) is 0 Å². The summed E-state index contributed by atoms with van der Waals surface area (Å²) in [6, 6.07) is 8.79. The van der Waals surface area contributed by atoms with Crippen molar-refractivity contribution >= 4 is 15.9 Å². The Hall–Kier alpha value is -0.340. The summed E-state index contributed by atoms with van der Waals surface area (Å²) in [4.78, 5) is 0. The third-order valence-corrected chi connectivity index (χ3v) is 4.11. The standard InChI is InChI=1S/C17H28BrN/c1-3-5-6-7-8-10-16(14-19-4-2)15-11-9-12-17(18)13-15/h9,11-13,16,19H,3-8,10,14H2,1-2H3. The molecule has 108 valence electrons. The molecule has 1 atom stereocenters. The van der Waals surface area contributed by atoms with E-state index in [9.17, 15) is 0 Å². The first kappa shape index (κ1) is 16.7. The Morgan fingerprint density at radius 2 is 1.89 bits per heavy atom. The Labute approximate surface area is 127 Å². The maximum atomic E-state index is 3.58. The van der Waals surface area contributed by atoms with Gasteiger partial charge in [-0.3, -0.25) is 0 Å². The third-order valence-electron chi connectivity index (χ3n) is 3.62. The lowest BCUT2D eigenvalue weighted by Gasteiger charge is -2.18. The lowest BCUT2D eigenvalue weighted by Crippen LogP contribution is -2.21. The van der Waals surface area contributed by atoms with E-state index < -0.39 is 0 Å². The van der Waals surface area contributed by atoms with Crippen molar-refractivity contribution < 1.29 is 0 Å². The number of nitrogens with one attached hydrogen (secondary N) is 1. The smallest absolute Gasteiger partial charge is 0.0178 e. The average Bonchev–Trinajstić information content (AvgIpc) is 2.42. The van der Waals surface area contributed by atoms with E-state index in [4.69, 9.17) is 0 Å². The first-order valence-electron chi connectivity index (χ1n) is 7.74. The van der Waals surface area contributed by atoms with E-state index in [1.807, 2.05) is 0 Å². The van der Waals surface area contributed by atoms with Crippen LogP contribution in [0, 0.1) is 0 Å². The minimum Gasteiger partial charge on any atom is -0.316 e. The van der Waals surface area contributed by atoms with E-state index in [1.54, 1.807) is 0 Å². The molecule has 0 aliphatic rings. The lowest BCUT2D eigenvalue weighted by molar-refractivity contribution is 0.516. The summed E-state index contributed by atoms with van der Waals surface area (Å²) in [7, 11) is 0. The van der Waals surface area contributed by atoms with Crippen LogP contribution in [0.3, 0.4) is 0 Å². The first-order chi connectivity index (χ1) is 9.27. The van der Waals surface area contributed by atoms with Crippen molar-refractivity contribution in [1.29, 1.82) is 0 Å². The van der Waals surface area contributed by atoms with Gasteiger partial charge in [-0.25, -0.2) is 0 Å². The second-order valence-corrected chi connectivity index (χ2v) is 6.18. The monoisotopic (exact) mass is 325 g/mol. The molecule has 0 spiro atoms. The molecular weight excluding hydrogens is 298 g/mol. The van der Waals surface area contributed by atoms with Crippen LogP contribution in [0.5, 0.6) is 0 Å². The minimum atomic E-state index is 0.652. The summed E-state index contributed by atoms with van der Waals surface area (Å²) in [5.74, 6) is 0.652. The highest BCUT2D eigenvalue weighted by Gasteiger charge is 2.11. The molecule has 2 heteroatoms. The van der Waals surface area contributed by atoms with Gasteiger partial charge >= 0.3 is 0 Å². The van der Waals surface area contributed by atoms with Gasteiger partial charge in [-0.15, -0.1) is 0 Å². The summed E-state index contributed by atoms with van der Waals surface area (Å²) < 4.78 is 1.19. The molecule has 1 aromatic carbocycles. The minimum absolute atomic E-state index is 0.652. The van der Waals surface area contributed by atoms with Crippen molar-refractivity contribution in [2.24, 2.45) is 0 Å². The largest absolute Gasteiger partial charge is 0.316 e. The van der Waals surface area contributed by atoms with Crippen LogP contribution in [0.1, 0.15) is 63.9 Å². The van der Waals surface area contributed by atoms with Crippen LogP contribution in [0.25, 0.3) is 0 Å². The number of halogens is 1. The topological polar surface area (TPSA) is 12.0 Å². The second-order valence-electron chi connectivity index (χ2n) is 5.26. The van der Waals surface area contributed by atoms with Crippen LogP contribution in [0.4, 0.5) is 0 Å². The quantitative estimate of drug-likeness (QED) is 0.560. The van der Waals surface area contributed by atoms with Crippen molar-refractivity contribution in [1.82, 2.24) is 5.32 Å². The van der Waals surface area contributed by atoms with Gasteiger partial charge in [-0.1, -0.05) is 74.0 Å². The number of benzene rings is 1. The Bertz CT molecular complexity index is 338. The zero-order valence-electron chi connectivity index (χ0n) is 12.4. The molecule has 0 heterocycles. The lowest BCUT2D eigenvalue weighted by atomic mass is 9.93. The SMILES string of the molecule is CCCCCCCC(CNCC)c1cccc(Br)c1. The molecule has 0 aliphatic carbocycles. The van der Waals surface area contributed by atoms with E-state index in [1.165, 1.54) is 48.6 Å². The van der Waals surface area contributed by atoms with Crippen molar-refractivity contribution in [2.45, 2.75) is 58.3 Å². The molecule has 1 nitrogen and oxygen atoms in total. The molecular formula is C17H28BrN. The van der Waals surface area contributed by atoms with Crippen molar-refractivity contribution in [3.8, 4) is 0 Å². The second kappa shape index (κ2) is 10.4. The van der Waals surface area contributed by atoms with Crippen molar-refractivity contribution in [3.63, 3.8) is 0 Å². The van der Waals surface area contributed by atoms with E-state index in [2.05, 4.69) is 59.4 Å². The predicted molar refractivity (Wildman–Crippen MR) is 88.8 cm³/mol. The van der Waals surface area contributed by atoms with Gasteiger partial charge in [0.25, 0.3) is 0 Å². The molecule has 19 heavy (non-hydrogen) atoms. The summed E-state index contributed by atoms with van der Waals surface area (Å²) in [5, 5.41) is 3.50. The highest BCUT2D eigenvalue weighted by Crippen LogP contribution is 2.24. The number of rotatable bonds is 10. The van der Waals surface area contributed by atoms with Gasteiger partial charge in [0, 0.05) is 11.0 Å². The number of unbranched alkanes of at least 4 members (excludes halogenated alkanes) is 4. The van der Waals surface area contributed by atoms with Gasteiger partial charge < -0.3 is 5.32 Å². The molecule has 0 bridgehead atoms. The fraction of sp³-hybridized carbons (Fsp3) is 0.647. The zero-order valence-corrected chi connectivity index (χ0v) is 14.0. The molecule has 0 fully saturated rings. The average molecular weight is 326 g/mol. The summed E-state index contributed by atoms with van der Waals surface area (Å²) in [6.07, 6.45) is 8.13.